The van der Waals surface area contributed by atoms with Gasteiger partial charge < -0.3 is 10.2 Å². The Bertz CT molecular complexity index is 439. The first-order valence-corrected chi connectivity index (χ1v) is 6.67. The fourth-order valence-electron chi connectivity index (χ4n) is 2.26. The Balaban J connectivity index is 0.00000162. The van der Waals surface area contributed by atoms with Gasteiger partial charge >= 0.3 is 0 Å². The molecule has 0 spiro atoms. The van der Waals surface area contributed by atoms with Crippen molar-refractivity contribution < 1.29 is 4.79 Å². The molecule has 0 aromatic heterocycles. The minimum atomic E-state index is 0. The zero-order valence-electron chi connectivity index (χ0n) is 10.6. The van der Waals surface area contributed by atoms with Gasteiger partial charge in [-0.25, -0.2) is 0 Å². The first-order chi connectivity index (χ1) is 8.13. The molecule has 1 heterocycles. The Morgan fingerprint density at radius 1 is 1.56 bits per heavy atom. The van der Waals surface area contributed by atoms with Crippen molar-refractivity contribution >= 4 is 39.9 Å². The average molecular weight is 334 g/mol. The summed E-state index contributed by atoms with van der Waals surface area (Å²) < 4.78 is 1.08. The van der Waals surface area contributed by atoms with Crippen molar-refractivity contribution in [2.75, 3.05) is 25.0 Å². The Hall–Kier alpha value is -0.580. The van der Waals surface area contributed by atoms with Gasteiger partial charge in [0.2, 0.25) is 5.91 Å². The summed E-state index contributed by atoms with van der Waals surface area (Å²) in [6.45, 7) is 3.50. The number of halogens is 2. The van der Waals surface area contributed by atoms with Crippen molar-refractivity contribution in [3.05, 3.63) is 28.2 Å². The zero-order chi connectivity index (χ0) is 12.4. The second kappa shape index (κ2) is 6.55. The Morgan fingerprint density at radius 2 is 2.28 bits per heavy atom. The highest BCUT2D eigenvalue weighted by Crippen LogP contribution is 2.31. The second-order valence-electron chi connectivity index (χ2n) is 4.47. The number of amides is 1. The van der Waals surface area contributed by atoms with Crippen LogP contribution in [0, 0.1) is 5.92 Å². The lowest BCUT2D eigenvalue weighted by Crippen LogP contribution is -2.37. The highest BCUT2D eigenvalue weighted by Gasteiger charge is 2.27. The van der Waals surface area contributed by atoms with Gasteiger partial charge in [-0.1, -0.05) is 22.9 Å². The molecule has 2 rings (SSSR count). The highest BCUT2D eigenvalue weighted by molar-refractivity contribution is 9.10. The lowest BCUT2D eigenvalue weighted by Gasteiger charge is -2.21. The van der Waals surface area contributed by atoms with Crippen LogP contribution in [0.5, 0.6) is 0 Å². The van der Waals surface area contributed by atoms with Crippen molar-refractivity contribution in [3.8, 4) is 0 Å². The van der Waals surface area contributed by atoms with Crippen LogP contribution in [0.1, 0.15) is 12.5 Å². The quantitative estimate of drug-likeness (QED) is 0.922. The van der Waals surface area contributed by atoms with Gasteiger partial charge in [0.05, 0.1) is 0 Å². The summed E-state index contributed by atoms with van der Waals surface area (Å²) >= 11 is 3.46. The van der Waals surface area contributed by atoms with Gasteiger partial charge in [0.25, 0.3) is 0 Å². The van der Waals surface area contributed by atoms with Gasteiger partial charge in [-0.2, -0.15) is 0 Å². The van der Waals surface area contributed by atoms with Crippen molar-refractivity contribution in [2.24, 2.45) is 5.92 Å². The molecule has 1 unspecified atom stereocenters. The van der Waals surface area contributed by atoms with E-state index in [-0.39, 0.29) is 24.2 Å². The van der Waals surface area contributed by atoms with Gasteiger partial charge in [0, 0.05) is 29.2 Å². The van der Waals surface area contributed by atoms with E-state index in [1.807, 2.05) is 31.0 Å². The molecule has 1 atom stereocenters. The first kappa shape index (κ1) is 15.5. The number of nitrogens with zero attached hydrogens (tertiary/aromatic N) is 1. The molecule has 5 heteroatoms. The first-order valence-electron chi connectivity index (χ1n) is 5.88. The SMILES string of the molecule is CNCC(C)C(=O)N1CCc2cc(Br)ccc21.Cl. The molecule has 1 aromatic rings. The molecular formula is C13H18BrClN2O. The summed E-state index contributed by atoms with van der Waals surface area (Å²) in [7, 11) is 1.87. The fraction of sp³-hybridized carbons (Fsp3) is 0.462. The van der Waals surface area contributed by atoms with Gasteiger partial charge in [-0.05, 0) is 37.2 Å². The summed E-state index contributed by atoms with van der Waals surface area (Å²) in [5.41, 5.74) is 2.32. The predicted octanol–water partition coefficient (Wildman–Crippen LogP) is 2.62. The summed E-state index contributed by atoms with van der Waals surface area (Å²) in [6.07, 6.45) is 0.951. The number of carbonyl (C=O) groups is 1. The fourth-order valence-corrected chi connectivity index (χ4v) is 2.67. The van der Waals surface area contributed by atoms with E-state index in [4.69, 9.17) is 0 Å². The number of fused-ring (bicyclic) bond motifs is 1. The number of rotatable bonds is 3. The number of hydrogen-bond acceptors (Lipinski definition) is 2. The van der Waals surface area contributed by atoms with Crippen LogP contribution in [0.15, 0.2) is 22.7 Å². The molecule has 18 heavy (non-hydrogen) atoms. The highest BCUT2D eigenvalue weighted by atomic mass is 79.9. The van der Waals surface area contributed by atoms with Crippen molar-refractivity contribution in [1.82, 2.24) is 5.32 Å². The van der Waals surface area contributed by atoms with E-state index in [2.05, 4.69) is 27.3 Å². The number of benzene rings is 1. The third-order valence-corrected chi connectivity index (χ3v) is 3.63. The monoisotopic (exact) mass is 332 g/mol. The number of hydrogen-bond donors (Lipinski definition) is 1. The summed E-state index contributed by atoms with van der Waals surface area (Å²) in [6, 6.07) is 6.12. The zero-order valence-corrected chi connectivity index (χ0v) is 13.0. The smallest absolute Gasteiger partial charge is 0.231 e. The van der Waals surface area contributed by atoms with Crippen LogP contribution in [0.25, 0.3) is 0 Å². The molecule has 0 aliphatic carbocycles. The molecule has 3 nitrogen and oxygen atoms in total. The molecule has 0 saturated heterocycles. The molecule has 0 radical (unpaired) electrons. The minimum absolute atomic E-state index is 0. The van der Waals surface area contributed by atoms with Crippen molar-refractivity contribution in [3.63, 3.8) is 0 Å². The maximum Gasteiger partial charge on any atom is 0.231 e. The van der Waals surface area contributed by atoms with E-state index in [0.29, 0.717) is 0 Å². The number of carbonyl (C=O) groups excluding carboxylic acids is 1. The van der Waals surface area contributed by atoms with E-state index in [9.17, 15) is 4.79 Å². The van der Waals surface area contributed by atoms with Crippen LogP contribution >= 0.6 is 28.3 Å². The molecule has 0 saturated carbocycles. The van der Waals surface area contributed by atoms with E-state index in [0.717, 1.165) is 29.7 Å². The predicted molar refractivity (Wildman–Crippen MR) is 80.5 cm³/mol. The average Bonchev–Trinajstić information content (AvgIpc) is 2.71. The van der Waals surface area contributed by atoms with Gasteiger partial charge in [-0.3, -0.25) is 4.79 Å². The Kier molecular flexibility index (Phi) is 5.63. The summed E-state index contributed by atoms with van der Waals surface area (Å²) in [5.74, 6) is 0.231. The van der Waals surface area contributed by atoms with E-state index >= 15 is 0 Å². The van der Waals surface area contributed by atoms with E-state index in [1.54, 1.807) is 0 Å². The van der Waals surface area contributed by atoms with E-state index in [1.165, 1.54) is 5.56 Å². The second-order valence-corrected chi connectivity index (χ2v) is 5.39. The Morgan fingerprint density at radius 3 is 2.94 bits per heavy atom. The maximum absolute atomic E-state index is 12.3. The standard InChI is InChI=1S/C13H17BrN2O.ClH/c1-9(8-15-2)13(17)16-6-5-10-7-11(14)3-4-12(10)16;/h3-4,7,9,15H,5-6,8H2,1-2H3;1H. The number of anilines is 1. The van der Waals surface area contributed by atoms with Crippen LogP contribution in [-0.4, -0.2) is 26.0 Å². The van der Waals surface area contributed by atoms with Crippen molar-refractivity contribution in [2.45, 2.75) is 13.3 Å². The lowest BCUT2D eigenvalue weighted by molar-refractivity contribution is -0.121. The molecule has 0 bridgehead atoms. The molecule has 1 aromatic carbocycles. The molecular weight excluding hydrogens is 316 g/mol. The van der Waals surface area contributed by atoms with Crippen molar-refractivity contribution in [1.29, 1.82) is 0 Å². The topological polar surface area (TPSA) is 32.3 Å². The van der Waals surface area contributed by atoms with Gasteiger partial charge in [-0.15, -0.1) is 12.4 Å². The third kappa shape index (κ3) is 3.05. The summed E-state index contributed by atoms with van der Waals surface area (Å²) in [5, 5.41) is 3.05. The largest absolute Gasteiger partial charge is 0.319 e. The Labute approximate surface area is 122 Å². The van der Waals surface area contributed by atoms with Crippen LogP contribution in [0.2, 0.25) is 0 Å². The molecule has 1 amide bonds. The molecule has 0 fully saturated rings. The molecule has 1 aliphatic rings. The van der Waals surface area contributed by atoms with Crippen LogP contribution < -0.4 is 10.2 Å². The van der Waals surface area contributed by atoms with Gasteiger partial charge in [0.15, 0.2) is 0 Å². The molecule has 100 valence electrons. The van der Waals surface area contributed by atoms with E-state index < -0.39 is 0 Å². The third-order valence-electron chi connectivity index (χ3n) is 3.13. The molecule has 1 aliphatic heterocycles. The molecule has 1 N–H and O–H groups in total. The minimum Gasteiger partial charge on any atom is -0.319 e. The van der Waals surface area contributed by atoms with Crippen LogP contribution in [0.4, 0.5) is 5.69 Å². The lowest BCUT2D eigenvalue weighted by atomic mass is 10.1. The van der Waals surface area contributed by atoms with Crippen LogP contribution in [0.3, 0.4) is 0 Å². The normalized spacial score (nSPS) is 14.9. The van der Waals surface area contributed by atoms with Crippen LogP contribution in [-0.2, 0) is 11.2 Å². The van der Waals surface area contributed by atoms with Gasteiger partial charge in [0.1, 0.15) is 0 Å². The number of nitrogens with one attached hydrogen (secondary N) is 1. The summed E-state index contributed by atoms with van der Waals surface area (Å²) in [4.78, 5) is 14.2. The maximum atomic E-state index is 12.3.